The third kappa shape index (κ3) is 35.4. The first-order valence-corrected chi connectivity index (χ1v) is 22.0. The highest BCUT2D eigenvalue weighted by molar-refractivity contribution is 7.47. The Balaban J connectivity index is 4.18. The molecule has 0 radical (unpaired) electrons. The van der Waals surface area contributed by atoms with E-state index in [0.29, 0.717) is 12.8 Å². The van der Waals surface area contributed by atoms with E-state index in [0.717, 1.165) is 38.5 Å². The number of esters is 2. The van der Waals surface area contributed by atoms with Gasteiger partial charge < -0.3 is 24.6 Å². The molecule has 298 valence electrons. The number of phosphoric acid groups is 1. The number of carbonyl (C=O) groups is 2. The minimum absolute atomic E-state index is 0.192. The summed E-state index contributed by atoms with van der Waals surface area (Å²) < 4.78 is 32.6. The molecule has 0 heterocycles. The summed E-state index contributed by atoms with van der Waals surface area (Å²) in [7, 11) is -4.60. The maximum atomic E-state index is 12.6. The first kappa shape index (κ1) is 49.0. The second-order valence-corrected chi connectivity index (χ2v) is 15.5. The van der Waals surface area contributed by atoms with Crippen LogP contribution in [0.3, 0.4) is 0 Å². The van der Waals surface area contributed by atoms with Gasteiger partial charge in [0.1, 0.15) is 12.7 Å². The van der Waals surface area contributed by atoms with Crippen molar-refractivity contribution in [1.82, 2.24) is 0 Å². The molecular formula is C39H77O10P. The Kier molecular flexibility index (Phi) is 35.6. The first-order valence-electron chi connectivity index (χ1n) is 20.5. The van der Waals surface area contributed by atoms with Crippen LogP contribution in [0.5, 0.6) is 0 Å². The quantitative estimate of drug-likeness (QED) is 0.0316. The number of phosphoric ester groups is 1. The second kappa shape index (κ2) is 36.3. The summed E-state index contributed by atoms with van der Waals surface area (Å²) in [4.78, 5) is 34.8. The van der Waals surface area contributed by atoms with E-state index < -0.39 is 51.8 Å². The van der Waals surface area contributed by atoms with Gasteiger partial charge in [-0.25, -0.2) is 4.57 Å². The third-order valence-electron chi connectivity index (χ3n) is 9.01. The molecule has 0 saturated carbocycles. The molecule has 0 aromatic rings. The van der Waals surface area contributed by atoms with E-state index in [1.807, 2.05) is 0 Å². The molecule has 0 saturated heterocycles. The van der Waals surface area contributed by atoms with Gasteiger partial charge in [-0.05, 0) is 12.8 Å². The standard InChI is InChI=1S/C39H77O10P/c1-3-5-7-9-11-13-14-15-16-17-18-19-20-21-22-23-25-27-29-31-39(43)49-37(35-48-50(44,45)47-33-36(41)32-40)34-46-38(42)30-28-26-24-12-10-8-6-4-2/h36-37,40-41H,3-35H2,1-2H3,(H,44,45)/t36-,37+/m0/s1. The van der Waals surface area contributed by atoms with Crippen LogP contribution >= 0.6 is 7.82 Å². The topological polar surface area (TPSA) is 149 Å². The fraction of sp³-hybridized carbons (Fsp3) is 0.949. The molecular weight excluding hydrogens is 659 g/mol. The Bertz CT molecular complexity index is 812. The fourth-order valence-corrected chi connectivity index (χ4v) is 6.61. The van der Waals surface area contributed by atoms with Crippen LogP contribution in [0.25, 0.3) is 0 Å². The fourth-order valence-electron chi connectivity index (χ4n) is 5.82. The zero-order valence-electron chi connectivity index (χ0n) is 32.1. The van der Waals surface area contributed by atoms with Crippen LogP contribution in [0.15, 0.2) is 0 Å². The largest absolute Gasteiger partial charge is 0.472 e. The highest BCUT2D eigenvalue weighted by atomic mass is 31.2. The first-order chi connectivity index (χ1) is 24.2. The van der Waals surface area contributed by atoms with Gasteiger partial charge in [0.15, 0.2) is 6.10 Å². The maximum absolute atomic E-state index is 12.6. The smallest absolute Gasteiger partial charge is 0.462 e. The van der Waals surface area contributed by atoms with Crippen molar-refractivity contribution in [2.75, 3.05) is 26.4 Å². The molecule has 0 aliphatic carbocycles. The Morgan fingerprint density at radius 2 is 0.860 bits per heavy atom. The second-order valence-electron chi connectivity index (χ2n) is 14.0. The van der Waals surface area contributed by atoms with E-state index in [4.69, 9.17) is 19.1 Å². The molecule has 0 amide bonds. The van der Waals surface area contributed by atoms with Gasteiger partial charge in [-0.1, -0.05) is 174 Å². The van der Waals surface area contributed by atoms with Crippen LogP contribution in [-0.4, -0.2) is 65.7 Å². The van der Waals surface area contributed by atoms with E-state index in [2.05, 4.69) is 18.4 Å². The minimum atomic E-state index is -4.60. The Morgan fingerprint density at radius 3 is 1.24 bits per heavy atom. The monoisotopic (exact) mass is 737 g/mol. The SMILES string of the molecule is CCCCCCCCCCCCCCCCCCCCCC(=O)O[C@H](COC(=O)CCCCCCCCCC)COP(=O)(O)OC[C@@H](O)CO. The predicted octanol–water partition coefficient (Wildman–Crippen LogP) is 10.3. The minimum Gasteiger partial charge on any atom is -0.462 e. The summed E-state index contributed by atoms with van der Waals surface area (Å²) in [5.41, 5.74) is 0. The van der Waals surface area contributed by atoms with Crippen molar-refractivity contribution in [2.45, 2.75) is 212 Å². The van der Waals surface area contributed by atoms with E-state index in [1.54, 1.807) is 0 Å². The normalized spacial score (nSPS) is 13.9. The van der Waals surface area contributed by atoms with Gasteiger partial charge in [0.05, 0.1) is 19.8 Å². The van der Waals surface area contributed by atoms with Crippen LogP contribution in [0.4, 0.5) is 0 Å². The van der Waals surface area contributed by atoms with E-state index >= 15 is 0 Å². The number of hydrogen-bond donors (Lipinski definition) is 3. The van der Waals surface area contributed by atoms with Crippen LogP contribution in [0.1, 0.15) is 200 Å². The molecule has 50 heavy (non-hydrogen) atoms. The van der Waals surface area contributed by atoms with Crippen molar-refractivity contribution in [1.29, 1.82) is 0 Å². The summed E-state index contributed by atoms with van der Waals surface area (Å²) in [6, 6.07) is 0. The van der Waals surface area contributed by atoms with E-state index in [9.17, 15) is 24.2 Å². The van der Waals surface area contributed by atoms with E-state index in [1.165, 1.54) is 122 Å². The molecule has 0 aromatic carbocycles. The lowest BCUT2D eigenvalue weighted by atomic mass is 10.0. The summed E-state index contributed by atoms with van der Waals surface area (Å²) >= 11 is 0. The molecule has 11 heteroatoms. The lowest BCUT2D eigenvalue weighted by molar-refractivity contribution is -0.161. The Labute approximate surface area is 305 Å². The van der Waals surface area contributed by atoms with Crippen molar-refractivity contribution >= 4 is 19.8 Å². The third-order valence-corrected chi connectivity index (χ3v) is 9.96. The number of aliphatic hydroxyl groups is 2. The van der Waals surface area contributed by atoms with Gasteiger partial charge in [-0.3, -0.25) is 18.6 Å². The lowest BCUT2D eigenvalue weighted by Crippen LogP contribution is -2.29. The van der Waals surface area contributed by atoms with Crippen molar-refractivity contribution in [3.63, 3.8) is 0 Å². The van der Waals surface area contributed by atoms with Crippen LogP contribution in [-0.2, 0) is 32.7 Å². The average Bonchev–Trinajstić information content (AvgIpc) is 3.10. The zero-order chi connectivity index (χ0) is 37.0. The number of rotatable bonds is 39. The van der Waals surface area contributed by atoms with Gasteiger partial charge in [0, 0.05) is 12.8 Å². The van der Waals surface area contributed by atoms with Crippen LogP contribution in [0.2, 0.25) is 0 Å². The summed E-state index contributed by atoms with van der Waals surface area (Å²) in [6.45, 7) is 2.37. The maximum Gasteiger partial charge on any atom is 0.472 e. The van der Waals surface area contributed by atoms with Crippen molar-refractivity contribution in [3.05, 3.63) is 0 Å². The highest BCUT2D eigenvalue weighted by Crippen LogP contribution is 2.43. The van der Waals surface area contributed by atoms with Crippen molar-refractivity contribution < 1.29 is 47.8 Å². The lowest BCUT2D eigenvalue weighted by Gasteiger charge is -2.20. The molecule has 0 rings (SSSR count). The predicted molar refractivity (Wildman–Crippen MR) is 201 cm³/mol. The molecule has 10 nitrogen and oxygen atoms in total. The molecule has 1 unspecified atom stereocenters. The number of ether oxygens (including phenoxy) is 2. The molecule has 3 atom stereocenters. The molecule has 0 bridgehead atoms. The molecule has 0 fully saturated rings. The number of aliphatic hydroxyl groups excluding tert-OH is 2. The number of hydrogen-bond acceptors (Lipinski definition) is 9. The van der Waals surface area contributed by atoms with Gasteiger partial charge in [0.2, 0.25) is 0 Å². The van der Waals surface area contributed by atoms with Gasteiger partial charge >= 0.3 is 19.8 Å². The highest BCUT2D eigenvalue weighted by Gasteiger charge is 2.27. The molecule has 0 spiro atoms. The number of unbranched alkanes of at least 4 members (excludes halogenated alkanes) is 25. The van der Waals surface area contributed by atoms with Gasteiger partial charge in [-0.15, -0.1) is 0 Å². The zero-order valence-corrected chi connectivity index (χ0v) is 33.0. The average molecular weight is 737 g/mol. The van der Waals surface area contributed by atoms with Crippen LogP contribution < -0.4 is 0 Å². The van der Waals surface area contributed by atoms with E-state index in [-0.39, 0.29) is 19.4 Å². The van der Waals surface area contributed by atoms with Crippen LogP contribution in [0, 0.1) is 0 Å². The Hall–Kier alpha value is -1.03. The summed E-state index contributed by atoms with van der Waals surface area (Å²) in [5.74, 6) is -0.917. The molecule has 0 aromatic heterocycles. The van der Waals surface area contributed by atoms with Crippen molar-refractivity contribution in [2.24, 2.45) is 0 Å². The number of carbonyl (C=O) groups excluding carboxylic acids is 2. The Morgan fingerprint density at radius 1 is 0.520 bits per heavy atom. The van der Waals surface area contributed by atoms with Gasteiger partial charge in [-0.2, -0.15) is 0 Å². The van der Waals surface area contributed by atoms with Gasteiger partial charge in [0.25, 0.3) is 0 Å². The summed E-state index contributed by atoms with van der Waals surface area (Å²) in [6.07, 6.45) is 30.9. The molecule has 0 aliphatic heterocycles. The molecule has 0 aliphatic rings. The summed E-state index contributed by atoms with van der Waals surface area (Å²) in [5, 5.41) is 18.3. The molecule has 3 N–H and O–H groups in total. The van der Waals surface area contributed by atoms with Crippen molar-refractivity contribution in [3.8, 4) is 0 Å².